The van der Waals surface area contributed by atoms with Gasteiger partial charge < -0.3 is 9.73 Å². The van der Waals surface area contributed by atoms with Crippen LogP contribution in [-0.2, 0) is 0 Å². The lowest BCUT2D eigenvalue weighted by molar-refractivity contribution is 0.102. The molecule has 0 aliphatic rings. The molecule has 0 bridgehead atoms. The summed E-state index contributed by atoms with van der Waals surface area (Å²) < 4.78 is 6.82. The van der Waals surface area contributed by atoms with Crippen molar-refractivity contribution in [3.8, 4) is 11.5 Å². The van der Waals surface area contributed by atoms with E-state index >= 15 is 0 Å². The largest absolute Gasteiger partial charge is 0.436 e. The van der Waals surface area contributed by atoms with Gasteiger partial charge in [0.05, 0.1) is 0 Å². The van der Waals surface area contributed by atoms with Crippen molar-refractivity contribution < 1.29 is 9.21 Å². The van der Waals surface area contributed by atoms with Crippen molar-refractivity contribution >= 4 is 49.4 Å². The Kier molecular flexibility index (Phi) is 4.37. The van der Waals surface area contributed by atoms with Crippen molar-refractivity contribution in [2.24, 2.45) is 0 Å². The summed E-state index contributed by atoms with van der Waals surface area (Å²) in [6.07, 6.45) is 0. The van der Waals surface area contributed by atoms with Crippen LogP contribution in [0.25, 0.3) is 33.3 Å². The molecule has 1 N–H and O–H groups in total. The zero-order valence-corrected chi connectivity index (χ0v) is 16.8. The van der Waals surface area contributed by atoms with Crippen LogP contribution in [0.3, 0.4) is 0 Å². The third kappa shape index (κ3) is 3.52. The number of oxazole rings is 1. The molecule has 0 aliphatic carbocycles. The number of benzene rings is 4. The second-order valence-corrected chi connectivity index (χ2v) is 7.64. The monoisotopic (exact) mass is 442 g/mol. The third-order valence-electron chi connectivity index (χ3n) is 4.73. The number of amides is 1. The Morgan fingerprint density at radius 3 is 2.59 bits per heavy atom. The van der Waals surface area contributed by atoms with Crippen molar-refractivity contribution in [2.45, 2.75) is 0 Å². The second kappa shape index (κ2) is 7.18. The maximum absolute atomic E-state index is 12.7. The molecule has 0 radical (unpaired) electrons. The van der Waals surface area contributed by atoms with E-state index in [1.165, 1.54) is 0 Å². The number of rotatable bonds is 3. The summed E-state index contributed by atoms with van der Waals surface area (Å²) in [4.78, 5) is 17.3. The molecule has 5 heteroatoms. The maximum Gasteiger partial charge on any atom is 0.255 e. The van der Waals surface area contributed by atoms with E-state index in [4.69, 9.17) is 4.42 Å². The molecule has 1 amide bonds. The minimum atomic E-state index is -0.161. The fourth-order valence-electron chi connectivity index (χ4n) is 3.28. The van der Waals surface area contributed by atoms with E-state index < -0.39 is 0 Å². The number of nitrogens with zero attached hydrogens (tertiary/aromatic N) is 1. The second-order valence-electron chi connectivity index (χ2n) is 6.73. The normalized spacial score (nSPS) is 11.1. The topological polar surface area (TPSA) is 55.1 Å². The number of hydrogen-bond acceptors (Lipinski definition) is 3. The van der Waals surface area contributed by atoms with Crippen LogP contribution in [0.4, 0.5) is 5.69 Å². The highest BCUT2D eigenvalue weighted by molar-refractivity contribution is 9.10. The molecular weight excluding hydrogens is 428 g/mol. The van der Waals surface area contributed by atoms with Gasteiger partial charge in [0.25, 0.3) is 5.91 Å². The van der Waals surface area contributed by atoms with E-state index in [9.17, 15) is 4.79 Å². The Labute approximate surface area is 175 Å². The summed E-state index contributed by atoms with van der Waals surface area (Å²) >= 11 is 3.46. The van der Waals surface area contributed by atoms with Crippen LogP contribution in [0.15, 0.2) is 93.8 Å². The van der Waals surface area contributed by atoms with Gasteiger partial charge in [-0.05, 0) is 59.3 Å². The van der Waals surface area contributed by atoms with E-state index in [1.807, 2.05) is 84.9 Å². The number of anilines is 1. The van der Waals surface area contributed by atoms with Gasteiger partial charge in [0.2, 0.25) is 5.89 Å². The standard InChI is InChI=1S/C24H15BrN2O2/c25-19-7-3-6-18(13-19)24-27-21-14-20(10-11-22(21)29-24)26-23(28)17-9-8-15-4-1-2-5-16(15)12-17/h1-14H,(H,26,28). The first-order chi connectivity index (χ1) is 14.2. The molecule has 140 valence electrons. The summed E-state index contributed by atoms with van der Waals surface area (Å²) in [6, 6.07) is 26.9. The van der Waals surface area contributed by atoms with Crippen LogP contribution in [0, 0.1) is 0 Å². The van der Waals surface area contributed by atoms with Crippen LogP contribution in [0.5, 0.6) is 0 Å². The van der Waals surface area contributed by atoms with Gasteiger partial charge in [-0.3, -0.25) is 4.79 Å². The summed E-state index contributed by atoms with van der Waals surface area (Å²) in [5, 5.41) is 5.08. The molecule has 0 unspecified atom stereocenters. The predicted octanol–water partition coefficient (Wildman–Crippen LogP) is 6.66. The average molecular weight is 443 g/mol. The fourth-order valence-corrected chi connectivity index (χ4v) is 3.68. The zero-order valence-electron chi connectivity index (χ0n) is 15.2. The quantitative estimate of drug-likeness (QED) is 0.339. The zero-order chi connectivity index (χ0) is 19.8. The van der Waals surface area contributed by atoms with Crippen LogP contribution >= 0.6 is 15.9 Å². The maximum atomic E-state index is 12.7. The predicted molar refractivity (Wildman–Crippen MR) is 119 cm³/mol. The Bertz CT molecular complexity index is 1370. The van der Waals surface area contributed by atoms with E-state index in [1.54, 1.807) is 0 Å². The molecule has 4 aromatic carbocycles. The molecule has 5 rings (SSSR count). The van der Waals surface area contributed by atoms with Gasteiger partial charge in [-0.25, -0.2) is 4.98 Å². The first kappa shape index (κ1) is 17.6. The lowest BCUT2D eigenvalue weighted by Gasteiger charge is -2.06. The lowest BCUT2D eigenvalue weighted by Crippen LogP contribution is -2.11. The number of hydrogen-bond donors (Lipinski definition) is 1. The highest BCUT2D eigenvalue weighted by atomic mass is 79.9. The molecule has 5 aromatic rings. The highest BCUT2D eigenvalue weighted by Gasteiger charge is 2.11. The molecule has 4 nitrogen and oxygen atoms in total. The molecule has 0 saturated heterocycles. The molecule has 0 saturated carbocycles. The Balaban J connectivity index is 1.43. The van der Waals surface area contributed by atoms with Gasteiger partial charge in [-0.15, -0.1) is 0 Å². The molecule has 0 atom stereocenters. The van der Waals surface area contributed by atoms with Crippen LogP contribution in [0.2, 0.25) is 0 Å². The third-order valence-corrected chi connectivity index (χ3v) is 5.22. The smallest absolute Gasteiger partial charge is 0.255 e. The average Bonchev–Trinajstić information content (AvgIpc) is 3.17. The number of carbonyl (C=O) groups excluding carboxylic acids is 1. The summed E-state index contributed by atoms with van der Waals surface area (Å²) in [6.45, 7) is 0. The molecule has 1 aromatic heterocycles. The Hall–Kier alpha value is -3.44. The van der Waals surface area contributed by atoms with Crippen molar-refractivity contribution in [3.63, 3.8) is 0 Å². The minimum Gasteiger partial charge on any atom is -0.436 e. The number of nitrogens with one attached hydrogen (secondary N) is 1. The SMILES string of the molecule is O=C(Nc1ccc2oc(-c3cccc(Br)c3)nc2c1)c1ccc2ccccc2c1. The number of carbonyl (C=O) groups is 1. The molecule has 0 aliphatic heterocycles. The van der Waals surface area contributed by atoms with Crippen molar-refractivity contribution in [1.82, 2.24) is 4.98 Å². The lowest BCUT2D eigenvalue weighted by atomic mass is 10.1. The van der Waals surface area contributed by atoms with Gasteiger partial charge in [-0.1, -0.05) is 52.3 Å². The van der Waals surface area contributed by atoms with E-state index in [0.717, 1.165) is 20.8 Å². The van der Waals surface area contributed by atoms with Crippen LogP contribution in [-0.4, -0.2) is 10.9 Å². The Morgan fingerprint density at radius 2 is 1.72 bits per heavy atom. The van der Waals surface area contributed by atoms with E-state index in [-0.39, 0.29) is 5.91 Å². The number of fused-ring (bicyclic) bond motifs is 2. The van der Waals surface area contributed by atoms with Gasteiger partial charge in [0, 0.05) is 21.3 Å². The van der Waals surface area contributed by atoms with Gasteiger partial charge >= 0.3 is 0 Å². The molecule has 0 spiro atoms. The summed E-state index contributed by atoms with van der Waals surface area (Å²) in [7, 11) is 0. The first-order valence-corrected chi connectivity index (χ1v) is 9.92. The summed E-state index contributed by atoms with van der Waals surface area (Å²) in [5.41, 5.74) is 3.53. The van der Waals surface area contributed by atoms with Crippen molar-refractivity contribution in [1.29, 1.82) is 0 Å². The minimum absolute atomic E-state index is 0.161. The Morgan fingerprint density at radius 1 is 0.862 bits per heavy atom. The van der Waals surface area contributed by atoms with Crippen LogP contribution in [0.1, 0.15) is 10.4 Å². The van der Waals surface area contributed by atoms with Gasteiger partial charge in [0.15, 0.2) is 5.58 Å². The number of aromatic nitrogens is 1. The van der Waals surface area contributed by atoms with Crippen molar-refractivity contribution in [3.05, 3.63) is 95.0 Å². The van der Waals surface area contributed by atoms with Crippen LogP contribution < -0.4 is 5.32 Å². The fraction of sp³-hybridized carbons (Fsp3) is 0. The summed E-state index contributed by atoms with van der Waals surface area (Å²) in [5.74, 6) is 0.380. The number of halogens is 1. The first-order valence-electron chi connectivity index (χ1n) is 9.12. The highest BCUT2D eigenvalue weighted by Crippen LogP contribution is 2.28. The van der Waals surface area contributed by atoms with E-state index in [0.29, 0.717) is 28.2 Å². The van der Waals surface area contributed by atoms with Gasteiger partial charge in [-0.2, -0.15) is 0 Å². The van der Waals surface area contributed by atoms with Crippen molar-refractivity contribution in [2.75, 3.05) is 5.32 Å². The van der Waals surface area contributed by atoms with E-state index in [2.05, 4.69) is 26.2 Å². The molecule has 29 heavy (non-hydrogen) atoms. The van der Waals surface area contributed by atoms with Gasteiger partial charge in [0.1, 0.15) is 5.52 Å². The molecular formula is C24H15BrN2O2. The molecule has 0 fully saturated rings. The molecule has 1 heterocycles.